The zero-order valence-electron chi connectivity index (χ0n) is 19.5. The lowest BCUT2D eigenvalue weighted by atomic mass is 9.78. The van der Waals surface area contributed by atoms with Crippen molar-refractivity contribution in [3.05, 3.63) is 88.7 Å². The molecule has 1 fully saturated rings. The molecule has 0 unspecified atom stereocenters. The third kappa shape index (κ3) is 5.19. The van der Waals surface area contributed by atoms with Gasteiger partial charge in [0, 0.05) is 5.56 Å². The molecular weight excluding hydrogens is 437 g/mol. The number of halogens is 3. The highest BCUT2D eigenvalue weighted by Gasteiger charge is 2.30. The van der Waals surface area contributed by atoms with Crippen LogP contribution in [-0.2, 0) is 11.2 Å². The van der Waals surface area contributed by atoms with Gasteiger partial charge in [0.15, 0.2) is 11.6 Å². The smallest absolute Gasteiger partial charge is 0.314 e. The van der Waals surface area contributed by atoms with E-state index < -0.39 is 23.4 Å². The third-order valence-electron chi connectivity index (χ3n) is 6.79. The molecular formula is C29H29F3O2. The molecule has 178 valence electrons. The molecule has 0 heterocycles. The van der Waals surface area contributed by atoms with Crippen molar-refractivity contribution < 1.29 is 22.7 Å². The molecule has 3 aromatic rings. The highest BCUT2D eigenvalue weighted by atomic mass is 19.2. The standard InChI is InChI=1S/C29H29F3O2/c1-3-4-19-6-9-21(10-7-19)24-15-16-26(28(32)27(24)31)34-29(33)22-13-11-20(12-14-22)23-8-5-18(2)25(30)17-23/h5-10,15-17,20,22H,3-4,11-14H2,1-2H3. The van der Waals surface area contributed by atoms with Crippen molar-refractivity contribution in [2.45, 2.75) is 58.3 Å². The number of hydrogen-bond acceptors (Lipinski definition) is 2. The number of aryl methyl sites for hydroxylation is 2. The van der Waals surface area contributed by atoms with Gasteiger partial charge in [-0.05, 0) is 85.4 Å². The summed E-state index contributed by atoms with van der Waals surface area (Å²) in [5.41, 5.74) is 3.38. The summed E-state index contributed by atoms with van der Waals surface area (Å²) in [4.78, 5) is 12.7. The summed E-state index contributed by atoms with van der Waals surface area (Å²) >= 11 is 0. The summed E-state index contributed by atoms with van der Waals surface area (Å²) in [6.07, 6.45) is 4.49. The Kier molecular flexibility index (Phi) is 7.40. The Morgan fingerprint density at radius 3 is 2.26 bits per heavy atom. The highest BCUT2D eigenvalue weighted by Crippen LogP contribution is 2.37. The van der Waals surface area contributed by atoms with Gasteiger partial charge in [0.2, 0.25) is 5.82 Å². The van der Waals surface area contributed by atoms with Gasteiger partial charge in [0.1, 0.15) is 5.82 Å². The fourth-order valence-corrected chi connectivity index (χ4v) is 4.69. The molecule has 0 saturated heterocycles. The van der Waals surface area contributed by atoms with Crippen LogP contribution in [0.5, 0.6) is 5.75 Å². The molecule has 1 aliphatic rings. The molecule has 0 amide bonds. The molecule has 4 rings (SSSR count). The van der Waals surface area contributed by atoms with Crippen LogP contribution in [0.2, 0.25) is 0 Å². The number of carbonyl (C=O) groups excluding carboxylic acids is 1. The van der Waals surface area contributed by atoms with Gasteiger partial charge in [-0.1, -0.05) is 49.7 Å². The van der Waals surface area contributed by atoms with Crippen LogP contribution >= 0.6 is 0 Å². The van der Waals surface area contributed by atoms with E-state index in [9.17, 15) is 18.0 Å². The largest absolute Gasteiger partial charge is 0.423 e. The number of benzene rings is 3. The minimum Gasteiger partial charge on any atom is -0.423 e. The highest BCUT2D eigenvalue weighted by molar-refractivity contribution is 5.76. The summed E-state index contributed by atoms with van der Waals surface area (Å²) in [5.74, 6) is -3.57. The maximum atomic E-state index is 14.8. The van der Waals surface area contributed by atoms with Crippen molar-refractivity contribution in [2.24, 2.45) is 5.92 Å². The van der Waals surface area contributed by atoms with Crippen molar-refractivity contribution in [1.82, 2.24) is 0 Å². The molecule has 34 heavy (non-hydrogen) atoms. The van der Waals surface area contributed by atoms with Gasteiger partial charge in [0.25, 0.3) is 0 Å². The fourth-order valence-electron chi connectivity index (χ4n) is 4.69. The van der Waals surface area contributed by atoms with Crippen LogP contribution in [0.3, 0.4) is 0 Å². The number of ether oxygens (including phenoxy) is 1. The summed E-state index contributed by atoms with van der Waals surface area (Å²) < 4.78 is 48.7. The molecule has 0 N–H and O–H groups in total. The molecule has 0 aromatic heterocycles. The van der Waals surface area contributed by atoms with E-state index in [4.69, 9.17) is 4.74 Å². The topological polar surface area (TPSA) is 26.3 Å². The normalized spacial score (nSPS) is 18.0. The summed E-state index contributed by atoms with van der Waals surface area (Å²) in [6, 6.07) is 15.4. The Labute approximate surface area is 198 Å². The Hall–Kier alpha value is -3.08. The monoisotopic (exact) mass is 466 g/mol. The van der Waals surface area contributed by atoms with E-state index in [1.54, 1.807) is 31.2 Å². The Balaban J connectivity index is 1.40. The predicted octanol–water partition coefficient (Wildman–Crippen LogP) is 7.91. The molecule has 1 aliphatic carbocycles. The van der Waals surface area contributed by atoms with Crippen molar-refractivity contribution in [1.29, 1.82) is 0 Å². The Bertz CT molecular complexity index is 1160. The average molecular weight is 467 g/mol. The minimum absolute atomic E-state index is 0.131. The van der Waals surface area contributed by atoms with E-state index in [1.165, 1.54) is 12.1 Å². The minimum atomic E-state index is -1.16. The van der Waals surface area contributed by atoms with Gasteiger partial charge >= 0.3 is 5.97 Å². The van der Waals surface area contributed by atoms with E-state index in [1.807, 2.05) is 18.2 Å². The zero-order chi connectivity index (χ0) is 24.2. The first-order valence-electron chi connectivity index (χ1n) is 11.9. The van der Waals surface area contributed by atoms with Gasteiger partial charge < -0.3 is 4.74 Å². The van der Waals surface area contributed by atoms with Gasteiger partial charge in [-0.25, -0.2) is 8.78 Å². The number of esters is 1. The van der Waals surface area contributed by atoms with Crippen LogP contribution in [-0.4, -0.2) is 5.97 Å². The molecule has 0 radical (unpaired) electrons. The molecule has 0 bridgehead atoms. The van der Waals surface area contributed by atoms with E-state index in [0.29, 0.717) is 36.8 Å². The van der Waals surface area contributed by atoms with Gasteiger partial charge in [0.05, 0.1) is 5.92 Å². The van der Waals surface area contributed by atoms with E-state index in [-0.39, 0.29) is 23.2 Å². The number of hydrogen-bond donors (Lipinski definition) is 0. The predicted molar refractivity (Wildman–Crippen MR) is 127 cm³/mol. The number of carbonyl (C=O) groups is 1. The molecule has 0 atom stereocenters. The first-order chi connectivity index (χ1) is 16.4. The summed E-state index contributed by atoms with van der Waals surface area (Å²) in [5, 5.41) is 0. The van der Waals surface area contributed by atoms with E-state index in [2.05, 4.69) is 6.92 Å². The second kappa shape index (κ2) is 10.5. The van der Waals surface area contributed by atoms with Crippen molar-refractivity contribution in [2.75, 3.05) is 0 Å². The molecule has 1 saturated carbocycles. The number of rotatable bonds is 6. The van der Waals surface area contributed by atoms with Crippen LogP contribution in [0.15, 0.2) is 54.6 Å². The quantitative estimate of drug-likeness (QED) is 0.273. The second-order valence-corrected chi connectivity index (χ2v) is 9.16. The van der Waals surface area contributed by atoms with Crippen molar-refractivity contribution in [3.63, 3.8) is 0 Å². The average Bonchev–Trinajstić information content (AvgIpc) is 2.85. The Morgan fingerprint density at radius 2 is 1.62 bits per heavy atom. The van der Waals surface area contributed by atoms with Crippen LogP contribution in [0, 0.1) is 30.3 Å². The maximum Gasteiger partial charge on any atom is 0.314 e. The van der Waals surface area contributed by atoms with Crippen LogP contribution in [0.4, 0.5) is 13.2 Å². The third-order valence-corrected chi connectivity index (χ3v) is 6.79. The van der Waals surface area contributed by atoms with Crippen LogP contribution < -0.4 is 4.74 Å². The lowest BCUT2D eigenvalue weighted by Crippen LogP contribution is -2.25. The van der Waals surface area contributed by atoms with Crippen LogP contribution in [0.1, 0.15) is 61.6 Å². The van der Waals surface area contributed by atoms with E-state index >= 15 is 0 Å². The summed E-state index contributed by atoms with van der Waals surface area (Å²) in [6.45, 7) is 3.81. The Morgan fingerprint density at radius 1 is 0.912 bits per heavy atom. The molecule has 5 heteroatoms. The lowest BCUT2D eigenvalue weighted by Gasteiger charge is -2.27. The molecule has 0 spiro atoms. The lowest BCUT2D eigenvalue weighted by molar-refractivity contribution is -0.140. The van der Waals surface area contributed by atoms with Gasteiger partial charge in [-0.15, -0.1) is 0 Å². The molecule has 0 aliphatic heterocycles. The van der Waals surface area contributed by atoms with Crippen molar-refractivity contribution >= 4 is 5.97 Å². The van der Waals surface area contributed by atoms with Gasteiger partial charge in [-0.2, -0.15) is 4.39 Å². The first-order valence-corrected chi connectivity index (χ1v) is 11.9. The fraction of sp³-hybridized carbons (Fsp3) is 0.345. The van der Waals surface area contributed by atoms with Gasteiger partial charge in [-0.3, -0.25) is 4.79 Å². The van der Waals surface area contributed by atoms with Crippen molar-refractivity contribution in [3.8, 4) is 16.9 Å². The second-order valence-electron chi connectivity index (χ2n) is 9.16. The molecule has 2 nitrogen and oxygen atoms in total. The summed E-state index contributed by atoms with van der Waals surface area (Å²) in [7, 11) is 0. The zero-order valence-corrected chi connectivity index (χ0v) is 19.5. The molecule has 3 aromatic carbocycles. The first kappa shape index (κ1) is 24.1. The SMILES string of the molecule is CCCc1ccc(-c2ccc(OC(=O)C3CCC(c4ccc(C)c(F)c4)CC3)c(F)c2F)cc1. The van der Waals surface area contributed by atoms with Crippen LogP contribution in [0.25, 0.3) is 11.1 Å². The van der Waals surface area contributed by atoms with E-state index in [0.717, 1.165) is 24.0 Å². The maximum absolute atomic E-state index is 14.8.